The average molecular weight is 239 g/mol. The predicted octanol–water partition coefficient (Wildman–Crippen LogP) is 2.86. The molecule has 0 atom stereocenters. The SMILES string of the molecule is O=C1C=C/C(=N\c2ccc(O)o2)c2ccccc21. The van der Waals surface area contributed by atoms with Crippen LogP contribution in [0, 0.1) is 0 Å². The lowest BCUT2D eigenvalue weighted by Gasteiger charge is -2.10. The molecule has 0 fully saturated rings. The zero-order valence-corrected chi connectivity index (χ0v) is 9.33. The van der Waals surface area contributed by atoms with Crippen molar-refractivity contribution in [3.63, 3.8) is 0 Å². The summed E-state index contributed by atoms with van der Waals surface area (Å²) in [5, 5.41) is 9.11. The third kappa shape index (κ3) is 1.73. The fourth-order valence-electron chi connectivity index (χ4n) is 1.85. The number of hydrogen-bond acceptors (Lipinski definition) is 4. The van der Waals surface area contributed by atoms with Gasteiger partial charge >= 0.3 is 0 Å². The molecule has 1 aliphatic rings. The first-order valence-electron chi connectivity index (χ1n) is 5.43. The molecule has 0 bridgehead atoms. The van der Waals surface area contributed by atoms with Crippen LogP contribution in [0.1, 0.15) is 15.9 Å². The maximum atomic E-state index is 11.7. The third-order valence-electron chi connectivity index (χ3n) is 2.67. The Morgan fingerprint density at radius 1 is 1.00 bits per heavy atom. The Kier molecular flexibility index (Phi) is 2.34. The zero-order valence-electron chi connectivity index (χ0n) is 9.33. The normalized spacial score (nSPS) is 16.0. The van der Waals surface area contributed by atoms with Crippen molar-refractivity contribution in [1.82, 2.24) is 0 Å². The second-order valence-corrected chi connectivity index (χ2v) is 3.85. The molecule has 1 aliphatic carbocycles. The van der Waals surface area contributed by atoms with E-state index in [4.69, 9.17) is 9.52 Å². The van der Waals surface area contributed by atoms with Gasteiger partial charge in [-0.1, -0.05) is 24.3 Å². The molecule has 0 unspecified atom stereocenters. The number of fused-ring (bicyclic) bond motifs is 1. The van der Waals surface area contributed by atoms with Gasteiger partial charge in [-0.25, -0.2) is 4.99 Å². The summed E-state index contributed by atoms with van der Waals surface area (Å²) < 4.78 is 4.98. The number of hydrogen-bond donors (Lipinski definition) is 1. The smallest absolute Gasteiger partial charge is 0.283 e. The maximum absolute atomic E-state index is 11.7. The molecule has 1 heterocycles. The van der Waals surface area contributed by atoms with E-state index in [-0.39, 0.29) is 11.7 Å². The molecule has 0 saturated carbocycles. The summed E-state index contributed by atoms with van der Waals surface area (Å²) in [6.07, 6.45) is 3.12. The fourth-order valence-corrected chi connectivity index (χ4v) is 1.85. The first kappa shape index (κ1) is 10.5. The second kappa shape index (κ2) is 4.00. The Morgan fingerprint density at radius 3 is 2.50 bits per heavy atom. The molecule has 88 valence electrons. The number of ketones is 1. The number of furan rings is 1. The summed E-state index contributed by atoms with van der Waals surface area (Å²) in [4.78, 5) is 15.9. The Morgan fingerprint density at radius 2 is 1.78 bits per heavy atom. The zero-order chi connectivity index (χ0) is 12.5. The minimum Gasteiger partial charge on any atom is -0.481 e. The number of rotatable bonds is 1. The molecule has 4 heteroatoms. The van der Waals surface area contributed by atoms with Gasteiger partial charge < -0.3 is 9.52 Å². The molecule has 1 aromatic heterocycles. The minimum atomic E-state index is -0.182. The molecule has 0 aliphatic heterocycles. The molecular weight excluding hydrogens is 230 g/mol. The van der Waals surface area contributed by atoms with Crippen molar-refractivity contribution in [2.24, 2.45) is 4.99 Å². The first-order valence-corrected chi connectivity index (χ1v) is 5.43. The van der Waals surface area contributed by atoms with E-state index in [2.05, 4.69) is 4.99 Å². The van der Waals surface area contributed by atoms with Gasteiger partial charge in [-0.2, -0.15) is 0 Å². The summed E-state index contributed by atoms with van der Waals surface area (Å²) in [5.41, 5.74) is 2.02. The molecule has 0 radical (unpaired) electrons. The Labute approximate surface area is 103 Å². The van der Waals surface area contributed by atoms with Crippen LogP contribution in [0.3, 0.4) is 0 Å². The first-order chi connectivity index (χ1) is 8.74. The van der Waals surface area contributed by atoms with Gasteiger partial charge in [-0.05, 0) is 12.2 Å². The predicted molar refractivity (Wildman–Crippen MR) is 66.5 cm³/mol. The number of aliphatic imine (C=N–C) groups is 1. The van der Waals surface area contributed by atoms with Crippen LogP contribution in [0.25, 0.3) is 0 Å². The molecule has 0 spiro atoms. The maximum Gasteiger partial charge on any atom is 0.283 e. The largest absolute Gasteiger partial charge is 0.481 e. The number of carbonyl (C=O) groups excluding carboxylic acids is 1. The van der Waals surface area contributed by atoms with E-state index in [1.54, 1.807) is 18.2 Å². The number of benzene rings is 1. The molecule has 0 saturated heterocycles. The Balaban J connectivity index is 2.11. The van der Waals surface area contributed by atoms with Crippen LogP contribution in [-0.2, 0) is 0 Å². The lowest BCUT2D eigenvalue weighted by atomic mass is 9.94. The van der Waals surface area contributed by atoms with Gasteiger partial charge in [0.25, 0.3) is 5.95 Å². The van der Waals surface area contributed by atoms with Crippen LogP contribution in [-0.4, -0.2) is 16.6 Å². The van der Waals surface area contributed by atoms with Crippen molar-refractivity contribution in [2.75, 3.05) is 0 Å². The quantitative estimate of drug-likeness (QED) is 0.832. The Hall–Kier alpha value is -2.62. The summed E-state index contributed by atoms with van der Waals surface area (Å²) in [5.74, 6) is 0.0849. The van der Waals surface area contributed by atoms with E-state index in [0.29, 0.717) is 17.2 Å². The topological polar surface area (TPSA) is 62.8 Å². The van der Waals surface area contributed by atoms with Gasteiger partial charge in [0.2, 0.25) is 5.88 Å². The number of nitrogens with zero attached hydrogens (tertiary/aromatic N) is 1. The summed E-state index contributed by atoms with van der Waals surface area (Å²) in [6.45, 7) is 0. The van der Waals surface area contributed by atoms with Gasteiger partial charge in [0, 0.05) is 23.3 Å². The van der Waals surface area contributed by atoms with Crippen molar-refractivity contribution in [1.29, 1.82) is 0 Å². The number of carbonyl (C=O) groups is 1. The van der Waals surface area contributed by atoms with Crippen LogP contribution in [0.4, 0.5) is 5.88 Å². The fraction of sp³-hybridized carbons (Fsp3) is 0. The van der Waals surface area contributed by atoms with E-state index in [0.717, 1.165) is 5.56 Å². The summed E-state index contributed by atoms with van der Waals surface area (Å²) in [7, 11) is 0. The van der Waals surface area contributed by atoms with Crippen LogP contribution in [0.15, 0.2) is 58.0 Å². The molecule has 3 rings (SSSR count). The minimum absolute atomic E-state index is 0.0353. The van der Waals surface area contributed by atoms with Gasteiger partial charge in [0.05, 0.1) is 5.71 Å². The second-order valence-electron chi connectivity index (χ2n) is 3.85. The highest BCUT2D eigenvalue weighted by Gasteiger charge is 2.16. The third-order valence-corrected chi connectivity index (χ3v) is 2.67. The van der Waals surface area contributed by atoms with Crippen LogP contribution >= 0.6 is 0 Å². The highest BCUT2D eigenvalue weighted by molar-refractivity contribution is 6.24. The lowest BCUT2D eigenvalue weighted by molar-refractivity contribution is 0.104. The highest BCUT2D eigenvalue weighted by Crippen LogP contribution is 2.24. The average Bonchev–Trinajstić information content (AvgIpc) is 2.79. The lowest BCUT2D eigenvalue weighted by Crippen LogP contribution is -2.11. The molecule has 18 heavy (non-hydrogen) atoms. The molecule has 1 N–H and O–H groups in total. The van der Waals surface area contributed by atoms with Crippen LogP contribution < -0.4 is 0 Å². The van der Waals surface area contributed by atoms with E-state index >= 15 is 0 Å². The van der Waals surface area contributed by atoms with Crippen LogP contribution in [0.2, 0.25) is 0 Å². The standard InChI is InChI=1S/C14H9NO3/c16-12-6-5-11(9-3-1-2-4-10(9)12)15-13-7-8-14(17)18-13/h1-8,17H/b15-11+. The van der Waals surface area contributed by atoms with Crippen molar-refractivity contribution in [2.45, 2.75) is 0 Å². The Bertz CT molecular complexity index is 680. The summed E-state index contributed by atoms with van der Waals surface area (Å²) in [6, 6.07) is 10.2. The van der Waals surface area contributed by atoms with E-state index in [1.165, 1.54) is 12.1 Å². The molecule has 4 nitrogen and oxygen atoms in total. The molecule has 0 amide bonds. The van der Waals surface area contributed by atoms with E-state index in [9.17, 15) is 4.79 Å². The van der Waals surface area contributed by atoms with Crippen molar-refractivity contribution in [3.8, 4) is 5.95 Å². The number of aromatic hydroxyl groups is 1. The molecular formula is C14H9NO3. The highest BCUT2D eigenvalue weighted by atomic mass is 16.5. The monoisotopic (exact) mass is 239 g/mol. The molecule has 1 aromatic carbocycles. The van der Waals surface area contributed by atoms with Crippen molar-refractivity contribution >= 4 is 17.4 Å². The van der Waals surface area contributed by atoms with Gasteiger partial charge in [-0.15, -0.1) is 0 Å². The van der Waals surface area contributed by atoms with E-state index in [1.807, 2.05) is 18.2 Å². The van der Waals surface area contributed by atoms with Crippen molar-refractivity contribution < 1.29 is 14.3 Å². The number of allylic oxidation sites excluding steroid dienone is 2. The molecule has 2 aromatic rings. The van der Waals surface area contributed by atoms with Gasteiger partial charge in [0.1, 0.15) is 0 Å². The van der Waals surface area contributed by atoms with Crippen LogP contribution in [0.5, 0.6) is 5.95 Å². The van der Waals surface area contributed by atoms with Gasteiger partial charge in [-0.3, -0.25) is 4.79 Å². The van der Waals surface area contributed by atoms with E-state index < -0.39 is 0 Å². The summed E-state index contributed by atoms with van der Waals surface area (Å²) >= 11 is 0. The van der Waals surface area contributed by atoms with Gasteiger partial charge in [0.15, 0.2) is 5.78 Å². The van der Waals surface area contributed by atoms with Crippen molar-refractivity contribution in [3.05, 3.63) is 59.7 Å².